The van der Waals surface area contributed by atoms with E-state index in [1.54, 1.807) is 24.3 Å². The van der Waals surface area contributed by atoms with E-state index in [4.69, 9.17) is 10.5 Å². The highest BCUT2D eigenvalue weighted by Crippen LogP contribution is 2.19. The first-order valence-corrected chi connectivity index (χ1v) is 7.47. The van der Waals surface area contributed by atoms with Crippen LogP contribution in [0.4, 0.5) is 5.69 Å². The second-order valence-electron chi connectivity index (χ2n) is 4.23. The van der Waals surface area contributed by atoms with E-state index in [0.717, 1.165) is 0 Å². The van der Waals surface area contributed by atoms with Crippen molar-refractivity contribution in [1.82, 2.24) is 0 Å². The Bertz CT molecular complexity index is 755. The molecular weight excluding hydrogens is 292 g/mol. The summed E-state index contributed by atoms with van der Waals surface area (Å²) < 4.78 is 31.9. The van der Waals surface area contributed by atoms with Gasteiger partial charge in [-0.2, -0.15) is 0 Å². The zero-order valence-electron chi connectivity index (χ0n) is 11.2. The van der Waals surface area contributed by atoms with E-state index >= 15 is 0 Å². The highest BCUT2D eigenvalue weighted by Gasteiger charge is 2.15. The Hall–Kier alpha value is -2.54. The lowest BCUT2D eigenvalue weighted by Gasteiger charge is -2.09. The minimum atomic E-state index is -3.79. The predicted octanol–water partition coefficient (Wildman–Crippen LogP) is 1.59. The maximum Gasteiger partial charge on any atom is 0.261 e. The molecule has 21 heavy (non-hydrogen) atoms. The molecule has 2 rings (SSSR count). The van der Waals surface area contributed by atoms with Crippen LogP contribution >= 0.6 is 0 Å². The fraction of sp³-hybridized carbons (Fsp3) is 0.0714. The number of primary amides is 1. The number of hydrogen-bond donors (Lipinski definition) is 2. The Morgan fingerprint density at radius 1 is 1.14 bits per heavy atom. The standard InChI is InChI=1S/C14H14N2O4S/c1-20-12-7-5-11(6-8-12)16-21(18,19)13-4-2-3-10(9-13)14(15)17/h2-9,16H,1H3,(H2,15,17). The molecule has 0 aliphatic carbocycles. The highest BCUT2D eigenvalue weighted by molar-refractivity contribution is 7.92. The summed E-state index contributed by atoms with van der Waals surface area (Å²) in [6.07, 6.45) is 0. The number of sulfonamides is 1. The van der Waals surface area contributed by atoms with Crippen LogP contribution in [0, 0.1) is 0 Å². The summed E-state index contributed by atoms with van der Waals surface area (Å²) in [6.45, 7) is 0. The molecule has 3 N–H and O–H groups in total. The third-order valence-corrected chi connectivity index (χ3v) is 4.15. The zero-order valence-corrected chi connectivity index (χ0v) is 12.1. The molecule has 0 atom stereocenters. The molecule has 0 fully saturated rings. The number of carbonyl (C=O) groups is 1. The Labute approximate surface area is 122 Å². The number of hydrogen-bond acceptors (Lipinski definition) is 4. The lowest BCUT2D eigenvalue weighted by atomic mass is 10.2. The van der Waals surface area contributed by atoms with Crippen LogP contribution < -0.4 is 15.2 Å². The lowest BCUT2D eigenvalue weighted by Crippen LogP contribution is -2.15. The van der Waals surface area contributed by atoms with E-state index in [1.807, 2.05) is 0 Å². The third kappa shape index (κ3) is 3.51. The minimum Gasteiger partial charge on any atom is -0.497 e. The number of ether oxygens (including phenoxy) is 1. The predicted molar refractivity (Wildman–Crippen MR) is 78.8 cm³/mol. The van der Waals surface area contributed by atoms with Crippen LogP contribution in [-0.2, 0) is 10.0 Å². The van der Waals surface area contributed by atoms with Crippen LogP contribution in [0.2, 0.25) is 0 Å². The van der Waals surface area contributed by atoms with Crippen LogP contribution in [0.3, 0.4) is 0 Å². The maximum absolute atomic E-state index is 12.2. The molecule has 0 spiro atoms. The highest BCUT2D eigenvalue weighted by atomic mass is 32.2. The third-order valence-electron chi connectivity index (χ3n) is 2.77. The minimum absolute atomic E-state index is 0.0328. The summed E-state index contributed by atoms with van der Waals surface area (Å²) in [5.41, 5.74) is 5.66. The molecule has 2 aromatic carbocycles. The molecule has 0 unspecified atom stereocenters. The molecule has 1 amide bonds. The number of rotatable bonds is 5. The van der Waals surface area contributed by atoms with Crippen molar-refractivity contribution in [1.29, 1.82) is 0 Å². The van der Waals surface area contributed by atoms with Crippen LogP contribution in [-0.4, -0.2) is 21.4 Å². The van der Waals surface area contributed by atoms with Gasteiger partial charge in [0.05, 0.1) is 12.0 Å². The fourth-order valence-corrected chi connectivity index (χ4v) is 2.79. The molecular formula is C14H14N2O4S. The summed E-state index contributed by atoms with van der Waals surface area (Å²) >= 11 is 0. The largest absolute Gasteiger partial charge is 0.497 e. The first-order chi connectivity index (χ1) is 9.92. The molecule has 0 aliphatic heterocycles. The molecule has 6 nitrogen and oxygen atoms in total. The Kier molecular flexibility index (Phi) is 4.13. The fourth-order valence-electron chi connectivity index (χ4n) is 1.69. The topological polar surface area (TPSA) is 98.5 Å². The van der Waals surface area contributed by atoms with Gasteiger partial charge >= 0.3 is 0 Å². The van der Waals surface area contributed by atoms with E-state index < -0.39 is 15.9 Å². The van der Waals surface area contributed by atoms with Crippen molar-refractivity contribution < 1.29 is 17.9 Å². The van der Waals surface area contributed by atoms with Crippen molar-refractivity contribution in [2.75, 3.05) is 11.8 Å². The first kappa shape index (κ1) is 14.9. The summed E-state index contributed by atoms with van der Waals surface area (Å²) in [6, 6.07) is 12.0. The second kappa shape index (κ2) is 5.84. The maximum atomic E-state index is 12.2. The van der Waals surface area contributed by atoms with Gasteiger partial charge in [0.1, 0.15) is 5.75 Å². The summed E-state index contributed by atoms with van der Waals surface area (Å²) in [7, 11) is -2.27. The molecule has 0 bridgehead atoms. The second-order valence-corrected chi connectivity index (χ2v) is 5.91. The Balaban J connectivity index is 2.29. The van der Waals surface area contributed by atoms with E-state index in [1.165, 1.54) is 31.4 Å². The van der Waals surface area contributed by atoms with Gasteiger partial charge in [-0.25, -0.2) is 8.42 Å². The van der Waals surface area contributed by atoms with Gasteiger partial charge in [-0.1, -0.05) is 6.07 Å². The summed E-state index contributed by atoms with van der Waals surface area (Å²) in [5.74, 6) is -0.0647. The quantitative estimate of drug-likeness (QED) is 0.876. The number of nitrogens with two attached hydrogens (primary N) is 1. The van der Waals surface area contributed by atoms with E-state index in [9.17, 15) is 13.2 Å². The summed E-state index contributed by atoms with van der Waals surface area (Å²) in [4.78, 5) is 11.1. The van der Waals surface area contributed by atoms with Gasteiger partial charge in [-0.15, -0.1) is 0 Å². The average Bonchev–Trinajstić information content (AvgIpc) is 2.48. The van der Waals surface area contributed by atoms with Crippen LogP contribution in [0.1, 0.15) is 10.4 Å². The van der Waals surface area contributed by atoms with Gasteiger partial charge < -0.3 is 10.5 Å². The molecule has 110 valence electrons. The van der Waals surface area contributed by atoms with Crippen molar-refractivity contribution >= 4 is 21.6 Å². The first-order valence-electron chi connectivity index (χ1n) is 5.99. The van der Waals surface area contributed by atoms with Crippen molar-refractivity contribution in [3.63, 3.8) is 0 Å². The van der Waals surface area contributed by atoms with Crippen molar-refractivity contribution in [2.45, 2.75) is 4.90 Å². The van der Waals surface area contributed by atoms with Crippen molar-refractivity contribution in [3.8, 4) is 5.75 Å². The molecule has 2 aromatic rings. The van der Waals surface area contributed by atoms with E-state index in [0.29, 0.717) is 11.4 Å². The number of benzene rings is 2. The Morgan fingerprint density at radius 2 is 1.81 bits per heavy atom. The Morgan fingerprint density at radius 3 is 2.38 bits per heavy atom. The van der Waals surface area contributed by atoms with Gasteiger partial charge in [0.15, 0.2) is 0 Å². The molecule has 0 aliphatic rings. The molecule has 0 heterocycles. The lowest BCUT2D eigenvalue weighted by molar-refractivity contribution is 0.1000. The van der Waals surface area contributed by atoms with Crippen LogP contribution in [0.5, 0.6) is 5.75 Å². The zero-order chi connectivity index (χ0) is 15.5. The molecule has 0 saturated carbocycles. The molecule has 0 radical (unpaired) electrons. The van der Waals surface area contributed by atoms with Gasteiger partial charge in [-0.05, 0) is 42.5 Å². The monoisotopic (exact) mass is 306 g/mol. The number of amides is 1. The van der Waals surface area contributed by atoms with Crippen molar-refractivity contribution in [2.24, 2.45) is 5.73 Å². The number of anilines is 1. The van der Waals surface area contributed by atoms with Gasteiger partial charge in [0.25, 0.3) is 10.0 Å². The SMILES string of the molecule is COc1ccc(NS(=O)(=O)c2cccc(C(N)=O)c2)cc1. The van der Waals surface area contributed by atoms with Crippen LogP contribution in [0.25, 0.3) is 0 Å². The molecule has 7 heteroatoms. The van der Waals surface area contributed by atoms with E-state index in [2.05, 4.69) is 4.72 Å². The molecule has 0 saturated heterocycles. The number of nitrogens with one attached hydrogen (secondary N) is 1. The summed E-state index contributed by atoms with van der Waals surface area (Å²) in [5, 5.41) is 0. The normalized spacial score (nSPS) is 10.9. The van der Waals surface area contributed by atoms with Crippen LogP contribution in [0.15, 0.2) is 53.4 Å². The average molecular weight is 306 g/mol. The van der Waals surface area contributed by atoms with Gasteiger partial charge in [-0.3, -0.25) is 9.52 Å². The smallest absolute Gasteiger partial charge is 0.261 e. The van der Waals surface area contributed by atoms with Gasteiger partial charge in [0.2, 0.25) is 5.91 Å². The van der Waals surface area contributed by atoms with Gasteiger partial charge in [0, 0.05) is 11.3 Å². The van der Waals surface area contributed by atoms with Crippen molar-refractivity contribution in [3.05, 3.63) is 54.1 Å². The molecule has 0 aromatic heterocycles. The van der Waals surface area contributed by atoms with E-state index in [-0.39, 0.29) is 10.5 Å². The number of carbonyl (C=O) groups excluding carboxylic acids is 1. The number of methoxy groups -OCH3 is 1.